The quantitative estimate of drug-likeness (QED) is 0.182. The van der Waals surface area contributed by atoms with Gasteiger partial charge in [0.15, 0.2) is 5.84 Å². The Morgan fingerprint density at radius 1 is 1.09 bits per heavy atom. The van der Waals surface area contributed by atoms with E-state index in [-0.39, 0.29) is 0 Å². The second kappa shape index (κ2) is 9.18. The highest BCUT2D eigenvalue weighted by atomic mass is 16.5. The molecule has 0 radical (unpaired) electrons. The SMILES string of the molecule is NN=C(NN)C1=CC(Cn2ccc3ccc(OCc4ccc5ccccc5n4)cc32)=CCC1. The minimum absolute atomic E-state index is 0.418. The summed E-state index contributed by atoms with van der Waals surface area (Å²) in [4.78, 5) is 4.70. The fourth-order valence-corrected chi connectivity index (χ4v) is 4.21. The van der Waals surface area contributed by atoms with Gasteiger partial charge in [-0.1, -0.05) is 36.4 Å². The summed E-state index contributed by atoms with van der Waals surface area (Å²) in [5, 5.41) is 6.03. The number of fused-ring (bicyclic) bond motifs is 2. The highest BCUT2D eigenvalue weighted by molar-refractivity contribution is 5.98. The second-order valence-electron chi connectivity index (χ2n) is 8.06. The monoisotopic (exact) mass is 438 g/mol. The van der Waals surface area contributed by atoms with Crippen LogP contribution < -0.4 is 21.8 Å². The molecule has 0 bridgehead atoms. The number of hydrazine groups is 1. The van der Waals surface area contributed by atoms with Gasteiger partial charge in [-0.2, -0.15) is 5.10 Å². The molecule has 0 saturated heterocycles. The highest BCUT2D eigenvalue weighted by Gasteiger charge is 2.12. The van der Waals surface area contributed by atoms with E-state index in [0.717, 1.165) is 52.8 Å². The summed E-state index contributed by atoms with van der Waals surface area (Å²) in [5.74, 6) is 12.3. The number of ether oxygens (including phenoxy) is 1. The Morgan fingerprint density at radius 3 is 2.85 bits per heavy atom. The lowest BCUT2D eigenvalue weighted by Gasteiger charge is -2.16. The van der Waals surface area contributed by atoms with E-state index >= 15 is 0 Å². The number of benzene rings is 2. The van der Waals surface area contributed by atoms with Crippen molar-refractivity contribution in [2.75, 3.05) is 0 Å². The van der Waals surface area contributed by atoms with Crippen molar-refractivity contribution in [2.24, 2.45) is 16.8 Å². The average Bonchev–Trinajstić information content (AvgIpc) is 3.25. The standard InChI is InChI=1S/C26H26N6O/c27-30-26(31-28)21-6-3-4-18(14-21)16-32-13-12-20-9-11-23(15-25(20)32)33-17-22-10-8-19-5-1-2-7-24(19)29-22/h1-2,4-5,7-15H,3,6,16-17,27-28H2,(H,30,31). The maximum atomic E-state index is 6.09. The molecular weight excluding hydrogens is 412 g/mol. The number of pyridine rings is 1. The fraction of sp³-hybridized carbons (Fsp3) is 0.154. The molecule has 1 aliphatic carbocycles. The number of aromatic nitrogens is 2. The topological polar surface area (TPSA) is 103 Å². The van der Waals surface area contributed by atoms with Crippen molar-refractivity contribution in [2.45, 2.75) is 26.0 Å². The lowest BCUT2D eigenvalue weighted by atomic mass is 9.98. The van der Waals surface area contributed by atoms with E-state index in [1.54, 1.807) is 0 Å². The molecule has 0 unspecified atom stereocenters. The van der Waals surface area contributed by atoms with Crippen LogP contribution in [0.3, 0.4) is 0 Å². The summed E-state index contributed by atoms with van der Waals surface area (Å²) in [7, 11) is 0. The Hall–Kier alpha value is -4.10. The summed E-state index contributed by atoms with van der Waals surface area (Å²) in [6, 6.07) is 20.5. The third-order valence-corrected chi connectivity index (χ3v) is 5.89. The molecule has 5 N–H and O–H groups in total. The molecule has 5 rings (SSSR count). The first-order chi connectivity index (χ1) is 16.2. The number of nitrogens with one attached hydrogen (secondary N) is 1. The Kier molecular flexibility index (Phi) is 5.78. The van der Waals surface area contributed by atoms with Crippen LogP contribution in [-0.2, 0) is 13.2 Å². The van der Waals surface area contributed by atoms with E-state index in [0.29, 0.717) is 12.4 Å². The Balaban J connectivity index is 1.34. The van der Waals surface area contributed by atoms with E-state index in [4.69, 9.17) is 21.4 Å². The zero-order valence-electron chi connectivity index (χ0n) is 18.2. The van der Waals surface area contributed by atoms with Crippen LogP contribution in [0.5, 0.6) is 5.75 Å². The van der Waals surface area contributed by atoms with Crippen LogP contribution in [0, 0.1) is 0 Å². The van der Waals surface area contributed by atoms with Crippen molar-refractivity contribution in [3.63, 3.8) is 0 Å². The van der Waals surface area contributed by atoms with Gasteiger partial charge in [-0.3, -0.25) is 0 Å². The van der Waals surface area contributed by atoms with Gasteiger partial charge in [0.2, 0.25) is 0 Å². The number of para-hydroxylation sites is 1. The van der Waals surface area contributed by atoms with Gasteiger partial charge >= 0.3 is 0 Å². The third-order valence-electron chi connectivity index (χ3n) is 5.89. The lowest BCUT2D eigenvalue weighted by Crippen LogP contribution is -2.33. The fourth-order valence-electron chi connectivity index (χ4n) is 4.21. The number of allylic oxidation sites excluding steroid dienone is 3. The summed E-state index contributed by atoms with van der Waals surface area (Å²) >= 11 is 0. The predicted octanol–water partition coefficient (Wildman–Crippen LogP) is 4.15. The minimum Gasteiger partial charge on any atom is -0.487 e. The van der Waals surface area contributed by atoms with E-state index in [1.165, 1.54) is 11.0 Å². The molecule has 166 valence electrons. The van der Waals surface area contributed by atoms with Gasteiger partial charge in [0.25, 0.3) is 0 Å². The van der Waals surface area contributed by atoms with Gasteiger partial charge < -0.3 is 20.6 Å². The van der Waals surface area contributed by atoms with Gasteiger partial charge in [0.05, 0.1) is 16.7 Å². The van der Waals surface area contributed by atoms with Crippen LogP contribution in [0.15, 0.2) is 95.3 Å². The van der Waals surface area contributed by atoms with E-state index in [2.05, 4.69) is 63.8 Å². The Labute approximate surface area is 192 Å². The maximum Gasteiger partial charge on any atom is 0.162 e. The molecule has 0 saturated carbocycles. The first kappa shape index (κ1) is 20.8. The zero-order chi connectivity index (χ0) is 22.6. The van der Waals surface area contributed by atoms with Gasteiger partial charge in [-0.25, -0.2) is 10.8 Å². The Morgan fingerprint density at radius 2 is 1.97 bits per heavy atom. The van der Waals surface area contributed by atoms with Crippen LogP contribution in [-0.4, -0.2) is 15.4 Å². The summed E-state index contributed by atoms with van der Waals surface area (Å²) in [6.07, 6.45) is 8.23. The highest BCUT2D eigenvalue weighted by Crippen LogP contribution is 2.26. The molecule has 0 aliphatic heterocycles. The number of nitrogens with two attached hydrogens (primary N) is 2. The summed E-state index contributed by atoms with van der Waals surface area (Å²) in [5.41, 5.74) is 7.78. The molecule has 0 atom stereocenters. The number of hydrazone groups is 1. The molecular formula is C26H26N6O. The normalized spacial score (nSPS) is 14.3. The van der Waals surface area contributed by atoms with Crippen molar-refractivity contribution < 1.29 is 4.74 Å². The van der Waals surface area contributed by atoms with Crippen molar-refractivity contribution in [3.8, 4) is 5.75 Å². The minimum atomic E-state index is 0.418. The van der Waals surface area contributed by atoms with Crippen LogP contribution in [0.25, 0.3) is 21.8 Å². The smallest absolute Gasteiger partial charge is 0.162 e. The molecule has 7 heteroatoms. The number of rotatable bonds is 6. The number of hydrogen-bond donors (Lipinski definition) is 3. The van der Waals surface area contributed by atoms with E-state index < -0.39 is 0 Å². The third kappa shape index (κ3) is 4.44. The molecule has 33 heavy (non-hydrogen) atoms. The van der Waals surface area contributed by atoms with Crippen molar-refractivity contribution in [1.29, 1.82) is 0 Å². The molecule has 2 heterocycles. The predicted molar refractivity (Wildman–Crippen MR) is 132 cm³/mol. The molecule has 0 fully saturated rings. The van der Waals surface area contributed by atoms with Gasteiger partial charge in [0, 0.05) is 24.2 Å². The molecule has 7 nitrogen and oxygen atoms in total. The van der Waals surface area contributed by atoms with Gasteiger partial charge in [-0.15, -0.1) is 0 Å². The largest absolute Gasteiger partial charge is 0.487 e. The first-order valence-electron chi connectivity index (χ1n) is 10.9. The van der Waals surface area contributed by atoms with E-state index in [9.17, 15) is 0 Å². The van der Waals surface area contributed by atoms with Crippen LogP contribution in [0.4, 0.5) is 0 Å². The molecule has 0 spiro atoms. The molecule has 2 aromatic heterocycles. The number of nitrogens with zero attached hydrogens (tertiary/aromatic N) is 3. The Bertz CT molecular complexity index is 1400. The zero-order valence-corrected chi connectivity index (χ0v) is 18.2. The average molecular weight is 439 g/mol. The van der Waals surface area contributed by atoms with Crippen LogP contribution in [0.2, 0.25) is 0 Å². The maximum absolute atomic E-state index is 6.09. The second-order valence-corrected chi connectivity index (χ2v) is 8.06. The van der Waals surface area contributed by atoms with Crippen molar-refractivity contribution >= 4 is 27.6 Å². The van der Waals surface area contributed by atoms with Crippen LogP contribution >= 0.6 is 0 Å². The number of amidine groups is 1. The van der Waals surface area contributed by atoms with Gasteiger partial charge in [0.1, 0.15) is 12.4 Å². The lowest BCUT2D eigenvalue weighted by molar-refractivity contribution is 0.302. The first-order valence-corrected chi connectivity index (χ1v) is 10.9. The van der Waals surface area contributed by atoms with E-state index in [1.807, 2.05) is 30.3 Å². The summed E-state index contributed by atoms with van der Waals surface area (Å²) < 4.78 is 8.31. The van der Waals surface area contributed by atoms with Crippen LogP contribution in [0.1, 0.15) is 18.5 Å². The molecule has 2 aromatic carbocycles. The van der Waals surface area contributed by atoms with Crippen molar-refractivity contribution in [3.05, 3.63) is 95.9 Å². The summed E-state index contributed by atoms with van der Waals surface area (Å²) in [6.45, 7) is 1.16. The molecule has 0 amide bonds. The molecule has 4 aromatic rings. The van der Waals surface area contributed by atoms with Gasteiger partial charge in [-0.05, 0) is 59.7 Å². The van der Waals surface area contributed by atoms with Crippen molar-refractivity contribution in [1.82, 2.24) is 15.0 Å². The molecule has 1 aliphatic rings. The number of hydrogen-bond acceptors (Lipinski definition) is 5.